The Balaban J connectivity index is 2.71. The van der Waals surface area contributed by atoms with Gasteiger partial charge in [-0.15, -0.1) is 11.3 Å². The smallest absolute Gasteiger partial charge is 0.0910 e. The van der Waals surface area contributed by atoms with E-state index in [4.69, 9.17) is 0 Å². The van der Waals surface area contributed by atoms with Gasteiger partial charge in [-0.2, -0.15) is 0 Å². The molecule has 1 nitrogen and oxygen atoms in total. The second-order valence-corrected chi connectivity index (χ2v) is 3.76. The average Bonchev–Trinajstić information content (AvgIpc) is 2.40. The lowest BCUT2D eigenvalue weighted by Crippen LogP contribution is -2.29. The molecular formula is C9H15NS. The van der Waals surface area contributed by atoms with E-state index in [1.165, 1.54) is 5.00 Å². The molecule has 0 fully saturated rings. The molecule has 0 radical (unpaired) electrons. The summed E-state index contributed by atoms with van der Waals surface area (Å²) in [5, 5.41) is 3.50. The van der Waals surface area contributed by atoms with Crippen LogP contribution in [0.1, 0.15) is 20.8 Å². The maximum absolute atomic E-state index is 2.39. The minimum atomic E-state index is 0.610. The van der Waals surface area contributed by atoms with Crippen molar-refractivity contribution in [3.63, 3.8) is 0 Å². The summed E-state index contributed by atoms with van der Waals surface area (Å²) < 4.78 is 0. The summed E-state index contributed by atoms with van der Waals surface area (Å²) in [7, 11) is 0. The summed E-state index contributed by atoms with van der Waals surface area (Å²) in [4.78, 5) is 2.39. The molecule has 0 aliphatic heterocycles. The summed E-state index contributed by atoms with van der Waals surface area (Å²) in [6, 6.07) is 4.89. The number of nitrogens with zero attached hydrogens (tertiary/aromatic N) is 1. The predicted octanol–water partition coefficient (Wildman–Crippen LogP) is 2.98. The third-order valence-corrected chi connectivity index (χ3v) is 2.66. The Labute approximate surface area is 72.7 Å². The van der Waals surface area contributed by atoms with Crippen molar-refractivity contribution in [1.82, 2.24) is 0 Å². The molecule has 1 rings (SSSR count). The number of anilines is 1. The van der Waals surface area contributed by atoms with E-state index in [0.717, 1.165) is 6.54 Å². The minimum Gasteiger partial charge on any atom is -0.361 e. The fourth-order valence-corrected chi connectivity index (χ4v) is 2.14. The number of hydrogen-bond acceptors (Lipinski definition) is 2. The van der Waals surface area contributed by atoms with Crippen LogP contribution < -0.4 is 4.90 Å². The van der Waals surface area contributed by atoms with E-state index < -0.39 is 0 Å². The molecule has 0 bridgehead atoms. The number of thiophene rings is 1. The first-order chi connectivity index (χ1) is 5.25. The Bertz CT molecular complexity index is 191. The molecule has 1 heterocycles. The molecule has 11 heavy (non-hydrogen) atoms. The van der Waals surface area contributed by atoms with Gasteiger partial charge in [0, 0.05) is 12.6 Å². The van der Waals surface area contributed by atoms with Gasteiger partial charge in [-0.25, -0.2) is 0 Å². The lowest BCUT2D eigenvalue weighted by Gasteiger charge is -2.25. The molecule has 62 valence electrons. The fourth-order valence-electron chi connectivity index (χ4n) is 1.21. The van der Waals surface area contributed by atoms with Crippen molar-refractivity contribution in [3.8, 4) is 0 Å². The van der Waals surface area contributed by atoms with Gasteiger partial charge < -0.3 is 4.90 Å². The van der Waals surface area contributed by atoms with Crippen molar-refractivity contribution in [2.45, 2.75) is 26.8 Å². The normalized spacial score (nSPS) is 10.5. The zero-order chi connectivity index (χ0) is 8.27. The van der Waals surface area contributed by atoms with Crippen molar-refractivity contribution in [3.05, 3.63) is 17.5 Å². The van der Waals surface area contributed by atoms with Gasteiger partial charge in [0.1, 0.15) is 0 Å². The molecule has 0 aliphatic carbocycles. The SMILES string of the molecule is CCN(c1cccs1)C(C)C. The molecule has 0 saturated carbocycles. The molecule has 2 heteroatoms. The highest BCUT2D eigenvalue weighted by atomic mass is 32.1. The quantitative estimate of drug-likeness (QED) is 0.672. The largest absolute Gasteiger partial charge is 0.361 e. The van der Waals surface area contributed by atoms with Crippen LogP contribution in [-0.2, 0) is 0 Å². The van der Waals surface area contributed by atoms with E-state index in [1.807, 2.05) is 11.3 Å². The predicted molar refractivity (Wildman–Crippen MR) is 52.5 cm³/mol. The van der Waals surface area contributed by atoms with Gasteiger partial charge in [-0.05, 0) is 38.3 Å². The molecular weight excluding hydrogens is 154 g/mol. The van der Waals surface area contributed by atoms with E-state index >= 15 is 0 Å². The van der Waals surface area contributed by atoms with Crippen LogP contribution in [0.3, 0.4) is 0 Å². The van der Waals surface area contributed by atoms with E-state index in [2.05, 4.69) is 43.2 Å². The molecule has 0 aliphatic rings. The van der Waals surface area contributed by atoms with Crippen LogP contribution in [0.2, 0.25) is 0 Å². The van der Waals surface area contributed by atoms with Crippen LogP contribution in [0, 0.1) is 0 Å². The van der Waals surface area contributed by atoms with Crippen molar-refractivity contribution >= 4 is 16.3 Å². The Morgan fingerprint density at radius 1 is 1.55 bits per heavy atom. The summed E-state index contributed by atoms with van der Waals surface area (Å²) in [6.07, 6.45) is 0. The highest BCUT2D eigenvalue weighted by Gasteiger charge is 2.07. The van der Waals surface area contributed by atoms with Crippen molar-refractivity contribution in [2.24, 2.45) is 0 Å². The molecule has 0 atom stereocenters. The third kappa shape index (κ3) is 1.96. The minimum absolute atomic E-state index is 0.610. The average molecular weight is 169 g/mol. The van der Waals surface area contributed by atoms with Crippen LogP contribution in [-0.4, -0.2) is 12.6 Å². The molecule has 0 unspecified atom stereocenters. The highest BCUT2D eigenvalue weighted by molar-refractivity contribution is 7.14. The van der Waals surface area contributed by atoms with Crippen LogP contribution in [0.5, 0.6) is 0 Å². The maximum Gasteiger partial charge on any atom is 0.0910 e. The van der Waals surface area contributed by atoms with Crippen molar-refractivity contribution in [2.75, 3.05) is 11.4 Å². The molecule has 0 amide bonds. The molecule has 0 saturated heterocycles. The first-order valence-corrected chi connectivity index (χ1v) is 4.93. The Morgan fingerprint density at radius 2 is 2.27 bits per heavy atom. The van der Waals surface area contributed by atoms with Crippen molar-refractivity contribution in [1.29, 1.82) is 0 Å². The maximum atomic E-state index is 2.39. The Kier molecular flexibility index (Phi) is 2.94. The molecule has 0 N–H and O–H groups in total. The molecule has 0 spiro atoms. The third-order valence-electron chi connectivity index (χ3n) is 1.75. The topological polar surface area (TPSA) is 3.24 Å². The van der Waals surface area contributed by atoms with Gasteiger partial charge in [0.25, 0.3) is 0 Å². The van der Waals surface area contributed by atoms with E-state index in [1.54, 1.807) is 0 Å². The lowest BCUT2D eigenvalue weighted by atomic mass is 10.3. The summed E-state index contributed by atoms with van der Waals surface area (Å²) in [6.45, 7) is 7.74. The van der Waals surface area contributed by atoms with Gasteiger partial charge in [-0.3, -0.25) is 0 Å². The first kappa shape index (κ1) is 8.60. The van der Waals surface area contributed by atoms with E-state index in [0.29, 0.717) is 6.04 Å². The highest BCUT2D eigenvalue weighted by Crippen LogP contribution is 2.22. The monoisotopic (exact) mass is 169 g/mol. The first-order valence-electron chi connectivity index (χ1n) is 4.06. The van der Waals surface area contributed by atoms with Crippen LogP contribution in [0.25, 0.3) is 0 Å². The van der Waals surface area contributed by atoms with Crippen molar-refractivity contribution < 1.29 is 0 Å². The lowest BCUT2D eigenvalue weighted by molar-refractivity contribution is 0.710. The van der Waals surface area contributed by atoms with Crippen LogP contribution in [0.15, 0.2) is 17.5 Å². The summed E-state index contributed by atoms with van der Waals surface area (Å²) >= 11 is 1.81. The second kappa shape index (κ2) is 3.77. The molecule has 1 aromatic rings. The van der Waals surface area contributed by atoms with Gasteiger partial charge in [0.2, 0.25) is 0 Å². The second-order valence-electron chi connectivity index (χ2n) is 2.83. The van der Waals surface area contributed by atoms with Crippen LogP contribution >= 0.6 is 11.3 Å². The van der Waals surface area contributed by atoms with Crippen LogP contribution in [0.4, 0.5) is 5.00 Å². The zero-order valence-corrected chi connectivity index (χ0v) is 8.19. The molecule has 0 aromatic carbocycles. The Morgan fingerprint density at radius 3 is 2.64 bits per heavy atom. The van der Waals surface area contributed by atoms with Gasteiger partial charge in [-0.1, -0.05) is 0 Å². The zero-order valence-electron chi connectivity index (χ0n) is 7.37. The summed E-state index contributed by atoms with van der Waals surface area (Å²) in [5.41, 5.74) is 0. The van der Waals surface area contributed by atoms with Gasteiger partial charge in [0.05, 0.1) is 5.00 Å². The van der Waals surface area contributed by atoms with E-state index in [9.17, 15) is 0 Å². The number of rotatable bonds is 3. The Hall–Kier alpha value is -0.500. The standard InChI is InChI=1S/C9H15NS/c1-4-10(8(2)3)9-6-5-7-11-9/h5-8H,4H2,1-3H3. The summed E-state index contributed by atoms with van der Waals surface area (Å²) in [5.74, 6) is 0. The van der Waals surface area contributed by atoms with Gasteiger partial charge in [0.15, 0.2) is 0 Å². The van der Waals surface area contributed by atoms with E-state index in [-0.39, 0.29) is 0 Å². The fraction of sp³-hybridized carbons (Fsp3) is 0.556. The number of hydrogen-bond donors (Lipinski definition) is 0. The molecule has 1 aromatic heterocycles. The van der Waals surface area contributed by atoms with Gasteiger partial charge >= 0.3 is 0 Å².